The normalized spacial score (nSPS) is 11.0. The average molecular weight is 389 g/mol. The van der Waals surface area contributed by atoms with Gasteiger partial charge in [-0.15, -0.1) is 11.3 Å². The molecule has 21 heavy (non-hydrogen) atoms. The Bertz CT molecular complexity index is 797. The van der Waals surface area contributed by atoms with E-state index in [1.807, 2.05) is 6.92 Å². The molecular weight excluding hydrogens is 376 g/mol. The van der Waals surface area contributed by atoms with Crippen LogP contribution in [-0.4, -0.2) is 13.6 Å². The number of hydrogen-bond donors (Lipinski definition) is 1. The molecule has 0 saturated heterocycles. The Hall–Kier alpha value is -1.30. The molecule has 2 rings (SSSR count). The predicted octanol–water partition coefficient (Wildman–Crippen LogP) is 3.76. The SMILES string of the molecule is CCCC#Cc1ccc(S(=O)(=O)Nc2onc(C)c2Br)s1. The van der Waals surface area contributed by atoms with E-state index >= 15 is 0 Å². The second-order valence-electron chi connectivity index (χ2n) is 4.19. The Labute approximate surface area is 135 Å². The van der Waals surface area contributed by atoms with Crippen LogP contribution in [0.2, 0.25) is 0 Å². The van der Waals surface area contributed by atoms with Crippen LogP contribution >= 0.6 is 27.3 Å². The molecule has 0 spiro atoms. The van der Waals surface area contributed by atoms with E-state index in [4.69, 9.17) is 4.52 Å². The van der Waals surface area contributed by atoms with Gasteiger partial charge in [-0.2, -0.15) is 0 Å². The lowest BCUT2D eigenvalue weighted by Gasteiger charge is -2.01. The van der Waals surface area contributed by atoms with Crippen LogP contribution in [0.3, 0.4) is 0 Å². The smallest absolute Gasteiger partial charge is 0.273 e. The van der Waals surface area contributed by atoms with E-state index < -0.39 is 10.0 Å². The molecule has 2 heterocycles. The van der Waals surface area contributed by atoms with Crippen LogP contribution in [0, 0.1) is 18.8 Å². The molecule has 0 aliphatic heterocycles. The highest BCUT2D eigenvalue weighted by atomic mass is 79.9. The van der Waals surface area contributed by atoms with Gasteiger partial charge in [0, 0.05) is 6.42 Å². The highest BCUT2D eigenvalue weighted by Gasteiger charge is 2.21. The van der Waals surface area contributed by atoms with Crippen molar-refractivity contribution in [3.8, 4) is 11.8 Å². The predicted molar refractivity (Wildman–Crippen MR) is 85.9 cm³/mol. The van der Waals surface area contributed by atoms with E-state index in [1.165, 1.54) is 6.07 Å². The summed E-state index contributed by atoms with van der Waals surface area (Å²) in [6.45, 7) is 3.75. The summed E-state index contributed by atoms with van der Waals surface area (Å²) in [5.41, 5.74) is 0.574. The van der Waals surface area contributed by atoms with Crippen molar-refractivity contribution in [3.05, 3.63) is 27.2 Å². The fourth-order valence-electron chi connectivity index (χ4n) is 1.40. The molecule has 0 fully saturated rings. The molecule has 0 aliphatic rings. The maximum atomic E-state index is 12.2. The summed E-state index contributed by atoms with van der Waals surface area (Å²) in [6.07, 6.45) is 1.77. The minimum atomic E-state index is -3.70. The fraction of sp³-hybridized carbons (Fsp3) is 0.308. The van der Waals surface area contributed by atoms with E-state index in [-0.39, 0.29) is 10.1 Å². The second kappa shape index (κ2) is 6.64. The first kappa shape index (κ1) is 16.1. The zero-order chi connectivity index (χ0) is 15.5. The summed E-state index contributed by atoms with van der Waals surface area (Å²) in [4.78, 5) is 0.719. The average Bonchev–Trinajstić information content (AvgIpc) is 3.02. The van der Waals surface area contributed by atoms with Crippen LogP contribution < -0.4 is 4.72 Å². The molecule has 2 aromatic heterocycles. The molecule has 0 aliphatic carbocycles. The van der Waals surface area contributed by atoms with Crippen molar-refractivity contribution in [3.63, 3.8) is 0 Å². The van der Waals surface area contributed by atoms with E-state index in [0.29, 0.717) is 10.2 Å². The van der Waals surface area contributed by atoms with Gasteiger partial charge >= 0.3 is 0 Å². The van der Waals surface area contributed by atoms with Crippen molar-refractivity contribution in [1.82, 2.24) is 5.16 Å². The lowest BCUT2D eigenvalue weighted by atomic mass is 10.3. The van der Waals surface area contributed by atoms with Gasteiger partial charge in [0.05, 0.1) is 10.6 Å². The zero-order valence-corrected chi connectivity index (χ0v) is 14.7. The number of unbranched alkanes of at least 4 members (excludes halogenated alkanes) is 1. The molecule has 8 heteroatoms. The molecule has 0 saturated carbocycles. The Kier molecular flexibility index (Phi) is 5.08. The summed E-state index contributed by atoms with van der Waals surface area (Å²) >= 11 is 4.34. The van der Waals surface area contributed by atoms with Gasteiger partial charge in [0.2, 0.25) is 0 Å². The number of rotatable bonds is 4. The summed E-state index contributed by atoms with van der Waals surface area (Å²) in [5.74, 6) is 6.01. The molecule has 0 bridgehead atoms. The number of nitrogens with one attached hydrogen (secondary N) is 1. The summed E-state index contributed by atoms with van der Waals surface area (Å²) in [7, 11) is -3.70. The second-order valence-corrected chi connectivity index (χ2v) is 7.97. The van der Waals surface area contributed by atoms with Gasteiger partial charge < -0.3 is 4.52 Å². The number of thiophene rings is 1. The third-order valence-corrected chi connectivity index (χ3v) is 6.21. The van der Waals surface area contributed by atoms with Crippen molar-refractivity contribution >= 4 is 43.2 Å². The van der Waals surface area contributed by atoms with Crippen LogP contribution in [0.5, 0.6) is 0 Å². The van der Waals surface area contributed by atoms with Crippen molar-refractivity contribution in [1.29, 1.82) is 0 Å². The molecule has 0 atom stereocenters. The van der Waals surface area contributed by atoms with Gasteiger partial charge in [0.1, 0.15) is 8.68 Å². The minimum absolute atomic E-state index is 0.0690. The minimum Gasteiger partial charge on any atom is -0.336 e. The van der Waals surface area contributed by atoms with Gasteiger partial charge in [-0.05, 0) is 41.4 Å². The number of aromatic nitrogens is 1. The number of hydrogen-bond acceptors (Lipinski definition) is 5. The zero-order valence-electron chi connectivity index (χ0n) is 11.4. The van der Waals surface area contributed by atoms with Crippen LogP contribution in [-0.2, 0) is 10.0 Å². The summed E-state index contributed by atoms with van der Waals surface area (Å²) in [5, 5.41) is 3.68. The largest absolute Gasteiger partial charge is 0.336 e. The molecule has 5 nitrogen and oxygen atoms in total. The molecule has 0 unspecified atom stereocenters. The van der Waals surface area contributed by atoms with Gasteiger partial charge in [-0.3, -0.25) is 0 Å². The van der Waals surface area contributed by atoms with E-state index in [9.17, 15) is 8.42 Å². The quantitative estimate of drug-likeness (QED) is 0.809. The molecule has 112 valence electrons. The number of anilines is 1. The molecule has 0 amide bonds. The number of aryl methyl sites for hydroxylation is 1. The monoisotopic (exact) mass is 388 g/mol. The Morgan fingerprint density at radius 1 is 1.48 bits per heavy atom. The molecule has 1 N–H and O–H groups in total. The van der Waals surface area contributed by atoms with Crippen molar-refractivity contribution in [2.24, 2.45) is 0 Å². The van der Waals surface area contributed by atoms with Crippen LogP contribution in [0.1, 0.15) is 30.3 Å². The highest BCUT2D eigenvalue weighted by Crippen LogP contribution is 2.29. The lowest BCUT2D eigenvalue weighted by molar-refractivity contribution is 0.430. The van der Waals surface area contributed by atoms with Crippen molar-refractivity contribution < 1.29 is 12.9 Å². The Morgan fingerprint density at radius 3 is 2.86 bits per heavy atom. The lowest BCUT2D eigenvalue weighted by Crippen LogP contribution is -2.11. The Morgan fingerprint density at radius 2 is 2.24 bits per heavy atom. The van der Waals surface area contributed by atoms with Gasteiger partial charge in [0.25, 0.3) is 15.9 Å². The maximum Gasteiger partial charge on any atom is 0.273 e. The van der Waals surface area contributed by atoms with Crippen LogP contribution in [0.15, 0.2) is 25.3 Å². The van der Waals surface area contributed by atoms with E-state index in [2.05, 4.69) is 37.6 Å². The first-order chi connectivity index (χ1) is 9.94. The third-order valence-electron chi connectivity index (χ3n) is 2.45. The van der Waals surface area contributed by atoms with Crippen molar-refractivity contribution in [2.45, 2.75) is 30.9 Å². The molecular formula is C13H13BrN2O3S2. The Balaban J connectivity index is 2.21. The first-order valence-corrected chi connectivity index (χ1v) is 9.26. The summed E-state index contributed by atoms with van der Waals surface area (Å²) in [6, 6.07) is 3.22. The summed E-state index contributed by atoms with van der Waals surface area (Å²) < 4.78 is 32.5. The van der Waals surface area contributed by atoms with Crippen LogP contribution in [0.4, 0.5) is 5.88 Å². The van der Waals surface area contributed by atoms with Gasteiger partial charge in [0.15, 0.2) is 0 Å². The first-order valence-electron chi connectivity index (χ1n) is 6.17. The van der Waals surface area contributed by atoms with E-state index in [0.717, 1.165) is 29.1 Å². The number of halogens is 1. The number of nitrogens with zero attached hydrogens (tertiary/aromatic N) is 1. The molecule has 0 aromatic carbocycles. The highest BCUT2D eigenvalue weighted by molar-refractivity contribution is 9.10. The van der Waals surface area contributed by atoms with Crippen LogP contribution in [0.25, 0.3) is 0 Å². The van der Waals surface area contributed by atoms with Gasteiger partial charge in [-0.25, -0.2) is 13.1 Å². The molecule has 0 radical (unpaired) electrons. The third kappa shape index (κ3) is 3.87. The van der Waals surface area contributed by atoms with E-state index in [1.54, 1.807) is 13.0 Å². The standard InChI is InChI=1S/C13H13BrN2O3S2/c1-3-4-5-6-10-7-8-11(20-10)21(17,18)16-13-12(14)9(2)15-19-13/h7-8,16H,3-4H2,1-2H3. The topological polar surface area (TPSA) is 72.2 Å². The maximum absolute atomic E-state index is 12.2. The van der Waals surface area contributed by atoms with Crippen molar-refractivity contribution in [2.75, 3.05) is 4.72 Å². The number of sulfonamides is 1. The molecule has 2 aromatic rings. The fourth-order valence-corrected chi connectivity index (χ4v) is 3.95. The van der Waals surface area contributed by atoms with Gasteiger partial charge in [-0.1, -0.05) is 23.9 Å².